The van der Waals surface area contributed by atoms with E-state index in [2.05, 4.69) is 5.32 Å². The highest BCUT2D eigenvalue weighted by molar-refractivity contribution is 6.31. The standard InChI is InChI=1S/C18H18ClFN2O4/c1-2-14(11-4-3-10(20)7-13(11)19)21-17(23)15-8-12(18(24)25)16-9-26-6-5-22(15)16/h3-4,7-8,14H,2,5-6,9H2,1H3,(H,21,23)(H,24,25)/t14-/m1/s1. The number of carboxylic acids is 1. The first-order valence-corrected chi connectivity index (χ1v) is 8.59. The lowest BCUT2D eigenvalue weighted by atomic mass is 10.0. The molecule has 3 rings (SSSR count). The number of aromatic carboxylic acids is 1. The Hall–Kier alpha value is -2.38. The van der Waals surface area contributed by atoms with E-state index in [1.165, 1.54) is 24.3 Å². The van der Waals surface area contributed by atoms with Gasteiger partial charge in [-0.1, -0.05) is 24.6 Å². The molecular formula is C18H18ClFN2O4. The topological polar surface area (TPSA) is 80.6 Å². The lowest BCUT2D eigenvalue weighted by molar-refractivity contribution is 0.0656. The molecule has 6 nitrogen and oxygen atoms in total. The third-order valence-corrected chi connectivity index (χ3v) is 4.75. The molecule has 0 saturated carbocycles. The fraction of sp³-hybridized carbons (Fsp3) is 0.333. The number of halogens is 2. The Balaban J connectivity index is 1.90. The molecule has 0 radical (unpaired) electrons. The van der Waals surface area contributed by atoms with Gasteiger partial charge in [-0.3, -0.25) is 4.79 Å². The molecule has 1 amide bonds. The number of ether oxygens (including phenoxy) is 1. The Morgan fingerprint density at radius 3 is 2.85 bits per heavy atom. The van der Waals surface area contributed by atoms with Crippen molar-refractivity contribution in [1.82, 2.24) is 9.88 Å². The van der Waals surface area contributed by atoms with E-state index in [0.29, 0.717) is 30.8 Å². The van der Waals surface area contributed by atoms with Gasteiger partial charge in [0, 0.05) is 11.6 Å². The highest BCUT2D eigenvalue weighted by Gasteiger charge is 2.27. The van der Waals surface area contributed by atoms with Crippen LogP contribution in [0.25, 0.3) is 0 Å². The third kappa shape index (κ3) is 3.45. The van der Waals surface area contributed by atoms with Gasteiger partial charge in [0.25, 0.3) is 5.91 Å². The minimum Gasteiger partial charge on any atom is -0.478 e. The van der Waals surface area contributed by atoms with Crippen LogP contribution in [-0.4, -0.2) is 28.2 Å². The molecule has 138 valence electrons. The van der Waals surface area contributed by atoms with Gasteiger partial charge in [0.15, 0.2) is 0 Å². The Morgan fingerprint density at radius 2 is 2.19 bits per heavy atom. The van der Waals surface area contributed by atoms with Gasteiger partial charge in [0.2, 0.25) is 0 Å². The smallest absolute Gasteiger partial charge is 0.337 e. The zero-order valence-electron chi connectivity index (χ0n) is 14.1. The summed E-state index contributed by atoms with van der Waals surface area (Å²) in [6.45, 7) is 2.83. The van der Waals surface area contributed by atoms with Gasteiger partial charge in [0.1, 0.15) is 11.5 Å². The Labute approximate surface area is 154 Å². The first-order valence-electron chi connectivity index (χ1n) is 8.21. The molecule has 1 aliphatic rings. The number of benzene rings is 1. The monoisotopic (exact) mass is 380 g/mol. The van der Waals surface area contributed by atoms with E-state index in [9.17, 15) is 19.1 Å². The minimum absolute atomic E-state index is 0.0581. The van der Waals surface area contributed by atoms with Crippen molar-refractivity contribution in [3.63, 3.8) is 0 Å². The number of fused-ring (bicyclic) bond motifs is 1. The maximum absolute atomic E-state index is 13.3. The van der Waals surface area contributed by atoms with Gasteiger partial charge in [-0.15, -0.1) is 0 Å². The van der Waals surface area contributed by atoms with Crippen LogP contribution in [0.2, 0.25) is 5.02 Å². The fourth-order valence-electron chi connectivity index (χ4n) is 3.11. The molecule has 0 aliphatic carbocycles. The minimum atomic E-state index is -1.10. The number of hydrogen-bond donors (Lipinski definition) is 2. The van der Waals surface area contributed by atoms with Crippen LogP contribution in [0.1, 0.15) is 51.5 Å². The average Bonchev–Trinajstić information content (AvgIpc) is 3.00. The summed E-state index contributed by atoms with van der Waals surface area (Å²) in [4.78, 5) is 24.2. The number of nitrogens with zero attached hydrogens (tertiary/aromatic N) is 1. The summed E-state index contributed by atoms with van der Waals surface area (Å²) in [5.41, 5.74) is 1.40. The van der Waals surface area contributed by atoms with E-state index in [0.717, 1.165) is 0 Å². The summed E-state index contributed by atoms with van der Waals surface area (Å²) in [7, 11) is 0. The van der Waals surface area contributed by atoms with Crippen molar-refractivity contribution < 1.29 is 23.8 Å². The van der Waals surface area contributed by atoms with Gasteiger partial charge in [-0.05, 0) is 30.2 Å². The van der Waals surface area contributed by atoms with E-state index in [1.54, 1.807) is 4.57 Å². The molecule has 2 aromatic rings. The van der Waals surface area contributed by atoms with Crippen molar-refractivity contribution in [2.24, 2.45) is 0 Å². The van der Waals surface area contributed by atoms with Crippen molar-refractivity contribution >= 4 is 23.5 Å². The summed E-state index contributed by atoms with van der Waals surface area (Å²) in [5.74, 6) is -1.97. The molecule has 1 aliphatic heterocycles. The normalized spacial score (nSPS) is 14.6. The molecule has 0 fully saturated rings. The highest BCUT2D eigenvalue weighted by Crippen LogP contribution is 2.27. The van der Waals surface area contributed by atoms with E-state index >= 15 is 0 Å². The predicted octanol–water partition coefficient (Wildman–Crippen LogP) is 3.39. The molecule has 0 saturated heterocycles. The molecule has 26 heavy (non-hydrogen) atoms. The van der Waals surface area contributed by atoms with E-state index < -0.39 is 23.7 Å². The summed E-state index contributed by atoms with van der Waals surface area (Å²) in [5, 5.41) is 12.4. The number of carbonyl (C=O) groups is 2. The second-order valence-corrected chi connectivity index (χ2v) is 6.41. The SMILES string of the molecule is CC[C@@H](NC(=O)c1cc(C(=O)O)c2n1CCOC2)c1ccc(F)cc1Cl. The van der Waals surface area contributed by atoms with Crippen LogP contribution >= 0.6 is 11.6 Å². The highest BCUT2D eigenvalue weighted by atomic mass is 35.5. The first kappa shape index (κ1) is 18.4. The van der Waals surface area contributed by atoms with E-state index in [1.807, 2.05) is 6.92 Å². The Kier molecular flexibility index (Phi) is 5.29. The second kappa shape index (κ2) is 7.47. The summed E-state index contributed by atoms with van der Waals surface area (Å²) in [6, 6.07) is 4.96. The van der Waals surface area contributed by atoms with E-state index in [-0.39, 0.29) is 22.9 Å². The number of aromatic nitrogens is 1. The molecule has 1 atom stereocenters. The molecule has 0 spiro atoms. The lowest BCUT2D eigenvalue weighted by Crippen LogP contribution is -2.31. The summed E-state index contributed by atoms with van der Waals surface area (Å²) < 4.78 is 20.2. The van der Waals surface area contributed by atoms with Gasteiger partial charge in [0.05, 0.1) is 30.5 Å². The van der Waals surface area contributed by atoms with Crippen molar-refractivity contribution in [2.45, 2.75) is 32.5 Å². The van der Waals surface area contributed by atoms with Crippen molar-refractivity contribution in [3.05, 3.63) is 57.6 Å². The maximum Gasteiger partial charge on any atom is 0.337 e. The zero-order chi connectivity index (χ0) is 18.8. The molecule has 2 N–H and O–H groups in total. The first-order chi connectivity index (χ1) is 12.4. The maximum atomic E-state index is 13.3. The number of carbonyl (C=O) groups excluding carboxylic acids is 1. The van der Waals surface area contributed by atoms with Gasteiger partial charge in [-0.25, -0.2) is 9.18 Å². The zero-order valence-corrected chi connectivity index (χ0v) is 14.8. The van der Waals surface area contributed by atoms with Gasteiger partial charge < -0.3 is 19.7 Å². The van der Waals surface area contributed by atoms with Gasteiger partial charge in [-0.2, -0.15) is 0 Å². The third-order valence-electron chi connectivity index (χ3n) is 4.42. The largest absolute Gasteiger partial charge is 0.478 e. The van der Waals surface area contributed by atoms with Crippen LogP contribution in [0.5, 0.6) is 0 Å². The van der Waals surface area contributed by atoms with Crippen LogP contribution in [0.4, 0.5) is 4.39 Å². The number of nitrogens with one attached hydrogen (secondary N) is 1. The molecule has 1 aromatic carbocycles. The number of hydrogen-bond acceptors (Lipinski definition) is 3. The van der Waals surface area contributed by atoms with Crippen molar-refractivity contribution in [1.29, 1.82) is 0 Å². The molecule has 0 unspecified atom stereocenters. The molecular weight excluding hydrogens is 363 g/mol. The Bertz CT molecular complexity index is 865. The molecule has 2 heterocycles. The lowest BCUT2D eigenvalue weighted by Gasteiger charge is -2.21. The van der Waals surface area contributed by atoms with E-state index in [4.69, 9.17) is 16.3 Å². The number of rotatable bonds is 5. The summed E-state index contributed by atoms with van der Waals surface area (Å²) in [6.07, 6.45) is 0.541. The predicted molar refractivity (Wildman–Crippen MR) is 93.0 cm³/mol. The number of amides is 1. The fourth-order valence-corrected chi connectivity index (χ4v) is 3.41. The average molecular weight is 381 g/mol. The van der Waals surface area contributed by atoms with Crippen LogP contribution in [0.15, 0.2) is 24.3 Å². The van der Waals surface area contributed by atoms with Gasteiger partial charge >= 0.3 is 5.97 Å². The van der Waals surface area contributed by atoms with Crippen LogP contribution in [0.3, 0.4) is 0 Å². The molecule has 1 aromatic heterocycles. The van der Waals surface area contributed by atoms with Crippen LogP contribution in [-0.2, 0) is 17.9 Å². The summed E-state index contributed by atoms with van der Waals surface area (Å²) >= 11 is 6.10. The molecule has 8 heteroatoms. The molecule has 0 bridgehead atoms. The quantitative estimate of drug-likeness (QED) is 0.833. The second-order valence-electron chi connectivity index (χ2n) is 6.00. The van der Waals surface area contributed by atoms with Crippen molar-refractivity contribution in [3.8, 4) is 0 Å². The van der Waals surface area contributed by atoms with Crippen LogP contribution < -0.4 is 5.32 Å². The number of carboxylic acid groups (broad SMARTS) is 1. The van der Waals surface area contributed by atoms with Crippen molar-refractivity contribution in [2.75, 3.05) is 6.61 Å². The van der Waals surface area contributed by atoms with Crippen LogP contribution in [0, 0.1) is 5.82 Å². The Morgan fingerprint density at radius 1 is 1.42 bits per heavy atom.